The zero-order valence-electron chi connectivity index (χ0n) is 6.31. The second-order valence-electron chi connectivity index (χ2n) is 2.86. The molecule has 1 atom stereocenters. The van der Waals surface area contributed by atoms with Crippen molar-refractivity contribution in [3.63, 3.8) is 0 Å². The minimum absolute atomic E-state index is 0.381. The normalized spacial score (nSPS) is 36.6. The summed E-state index contributed by atoms with van der Waals surface area (Å²) < 4.78 is 11.1. The van der Waals surface area contributed by atoms with Gasteiger partial charge in [0.25, 0.3) is 0 Å². The van der Waals surface area contributed by atoms with E-state index in [0.717, 1.165) is 13.0 Å². The third-order valence-corrected chi connectivity index (χ3v) is 3.29. The van der Waals surface area contributed by atoms with Crippen molar-refractivity contribution in [2.24, 2.45) is 0 Å². The molecular weight excluding hydrogens is 135 g/mol. The summed E-state index contributed by atoms with van der Waals surface area (Å²) in [7, 11) is -1.62. The van der Waals surface area contributed by atoms with E-state index in [9.17, 15) is 0 Å². The number of rotatable bonds is 1. The predicted octanol–water partition coefficient (Wildman–Crippen LogP) is 1.65. The first-order chi connectivity index (χ1) is 4.14. The van der Waals surface area contributed by atoms with Crippen LogP contribution in [-0.2, 0) is 9.05 Å². The summed E-state index contributed by atoms with van der Waals surface area (Å²) in [5.74, 6) is 0. The fourth-order valence-corrected chi connectivity index (χ4v) is 2.66. The van der Waals surface area contributed by atoms with Crippen LogP contribution in [0.2, 0.25) is 0 Å². The van der Waals surface area contributed by atoms with Gasteiger partial charge in [-0.1, -0.05) is 0 Å². The van der Waals surface area contributed by atoms with E-state index in [1.54, 1.807) is 0 Å². The fourth-order valence-electron chi connectivity index (χ4n) is 0.964. The molecule has 1 rings (SSSR count). The molecule has 0 unspecified atom stereocenters. The van der Waals surface area contributed by atoms with Gasteiger partial charge in [0.1, 0.15) is 0 Å². The van der Waals surface area contributed by atoms with Crippen LogP contribution in [0.4, 0.5) is 0 Å². The Morgan fingerprint density at radius 3 is 2.44 bits per heavy atom. The Morgan fingerprint density at radius 1 is 1.56 bits per heavy atom. The number of hydrogen-bond acceptors (Lipinski definition) is 2. The van der Waals surface area contributed by atoms with E-state index in [1.807, 2.05) is 0 Å². The number of hydrogen-bond donors (Lipinski definition) is 0. The quantitative estimate of drug-likeness (QED) is 0.529. The van der Waals surface area contributed by atoms with Crippen molar-refractivity contribution in [3.05, 3.63) is 0 Å². The van der Waals surface area contributed by atoms with Gasteiger partial charge in [-0.25, -0.2) is 0 Å². The van der Waals surface area contributed by atoms with Gasteiger partial charge in [-0.2, -0.15) is 0 Å². The third-order valence-electron chi connectivity index (χ3n) is 1.52. The molecule has 2 nitrogen and oxygen atoms in total. The summed E-state index contributed by atoms with van der Waals surface area (Å²) in [6.07, 6.45) is 1.46. The molecule has 3 heteroatoms. The molecule has 0 aromatic rings. The Balaban J connectivity index is 2.38. The first kappa shape index (κ1) is 7.46. The van der Waals surface area contributed by atoms with E-state index >= 15 is 0 Å². The SMILES string of the molecule is CC[C@@H]1CO[PH](C)(C)O1. The van der Waals surface area contributed by atoms with Crippen molar-refractivity contribution < 1.29 is 9.05 Å². The first-order valence-electron chi connectivity index (χ1n) is 3.46. The molecule has 0 amide bonds. The summed E-state index contributed by atoms with van der Waals surface area (Å²) in [6, 6.07) is 0. The minimum atomic E-state index is -1.62. The Kier molecular flexibility index (Phi) is 2.10. The Hall–Kier alpha value is 0.350. The molecule has 1 aliphatic rings. The third kappa shape index (κ3) is 1.89. The van der Waals surface area contributed by atoms with Gasteiger partial charge in [-0.15, -0.1) is 0 Å². The van der Waals surface area contributed by atoms with Crippen LogP contribution >= 0.6 is 7.72 Å². The Bertz CT molecular complexity index is 103. The van der Waals surface area contributed by atoms with Gasteiger partial charge in [0.05, 0.1) is 0 Å². The van der Waals surface area contributed by atoms with E-state index in [4.69, 9.17) is 9.05 Å². The predicted molar refractivity (Wildman–Crippen MR) is 41.3 cm³/mol. The molecule has 1 heterocycles. The molecule has 0 spiro atoms. The zero-order valence-corrected chi connectivity index (χ0v) is 7.31. The van der Waals surface area contributed by atoms with Gasteiger partial charge in [0, 0.05) is 0 Å². The monoisotopic (exact) mass is 150 g/mol. The van der Waals surface area contributed by atoms with Crippen LogP contribution in [0, 0.1) is 0 Å². The van der Waals surface area contributed by atoms with Gasteiger partial charge >= 0.3 is 56.1 Å². The molecule has 0 bridgehead atoms. The van der Waals surface area contributed by atoms with E-state index in [0.29, 0.717) is 6.10 Å². The Labute approximate surface area is 57.0 Å². The maximum absolute atomic E-state index is 5.61. The van der Waals surface area contributed by atoms with E-state index in [2.05, 4.69) is 20.3 Å². The molecule has 9 heavy (non-hydrogen) atoms. The summed E-state index contributed by atoms with van der Waals surface area (Å²) in [5.41, 5.74) is 0. The van der Waals surface area contributed by atoms with Crippen LogP contribution in [0.15, 0.2) is 0 Å². The molecule has 1 fully saturated rings. The standard InChI is InChI=1S/C6H15O2P/c1-4-6-5-7-9(2,3)8-6/h6,9H,4-5H2,1-3H3/t6-/m1/s1. The second-order valence-corrected chi connectivity index (χ2v) is 6.18. The molecule has 56 valence electrons. The van der Waals surface area contributed by atoms with Crippen molar-refractivity contribution in [2.75, 3.05) is 19.9 Å². The molecule has 1 saturated heterocycles. The van der Waals surface area contributed by atoms with Gasteiger partial charge in [-0.3, -0.25) is 0 Å². The van der Waals surface area contributed by atoms with Crippen LogP contribution < -0.4 is 0 Å². The van der Waals surface area contributed by atoms with Crippen molar-refractivity contribution in [2.45, 2.75) is 19.4 Å². The van der Waals surface area contributed by atoms with Crippen LogP contribution in [0.3, 0.4) is 0 Å². The zero-order chi connectivity index (χ0) is 6.91. The van der Waals surface area contributed by atoms with E-state index < -0.39 is 7.72 Å². The molecule has 0 aromatic carbocycles. The van der Waals surface area contributed by atoms with Crippen molar-refractivity contribution in [1.82, 2.24) is 0 Å². The molecule has 0 N–H and O–H groups in total. The van der Waals surface area contributed by atoms with Crippen molar-refractivity contribution >= 4 is 7.72 Å². The Morgan fingerprint density at radius 2 is 2.22 bits per heavy atom. The summed E-state index contributed by atoms with van der Waals surface area (Å²) in [5, 5.41) is 0. The van der Waals surface area contributed by atoms with Crippen LogP contribution in [-0.4, -0.2) is 26.0 Å². The van der Waals surface area contributed by atoms with Crippen LogP contribution in [0.25, 0.3) is 0 Å². The maximum atomic E-state index is 5.61. The first-order valence-corrected chi connectivity index (χ1v) is 6.27. The summed E-state index contributed by atoms with van der Waals surface area (Å²) in [4.78, 5) is 0. The average molecular weight is 150 g/mol. The molecule has 0 aliphatic carbocycles. The molecular formula is C6H15O2P. The van der Waals surface area contributed by atoms with E-state index in [1.165, 1.54) is 0 Å². The van der Waals surface area contributed by atoms with Gasteiger partial charge in [0.2, 0.25) is 0 Å². The molecule has 0 aromatic heterocycles. The van der Waals surface area contributed by atoms with Gasteiger partial charge in [0.15, 0.2) is 0 Å². The molecule has 1 aliphatic heterocycles. The van der Waals surface area contributed by atoms with Crippen molar-refractivity contribution in [1.29, 1.82) is 0 Å². The van der Waals surface area contributed by atoms with E-state index in [-0.39, 0.29) is 0 Å². The van der Waals surface area contributed by atoms with Gasteiger partial charge in [-0.05, 0) is 0 Å². The van der Waals surface area contributed by atoms with Crippen molar-refractivity contribution in [3.8, 4) is 0 Å². The molecule has 0 radical (unpaired) electrons. The van der Waals surface area contributed by atoms with Gasteiger partial charge < -0.3 is 0 Å². The topological polar surface area (TPSA) is 18.5 Å². The molecule has 0 saturated carbocycles. The average Bonchev–Trinajstić information content (AvgIpc) is 2.10. The second kappa shape index (κ2) is 2.53. The van der Waals surface area contributed by atoms with Crippen LogP contribution in [0.1, 0.15) is 13.3 Å². The summed E-state index contributed by atoms with van der Waals surface area (Å²) >= 11 is 0. The fraction of sp³-hybridized carbons (Fsp3) is 1.00. The summed E-state index contributed by atoms with van der Waals surface area (Å²) in [6.45, 7) is 7.12. The van der Waals surface area contributed by atoms with Crippen LogP contribution in [0.5, 0.6) is 0 Å².